The number of aliphatic hydroxyl groups excluding tert-OH is 1. The van der Waals surface area contributed by atoms with Gasteiger partial charge in [0.05, 0.1) is 12.6 Å². The molecule has 3 N–H and O–H groups in total. The maximum Gasteiger partial charge on any atom is 0.243 e. The summed E-state index contributed by atoms with van der Waals surface area (Å²) in [6.45, 7) is 6.32. The molecule has 1 aliphatic heterocycles. The van der Waals surface area contributed by atoms with Gasteiger partial charge >= 0.3 is 0 Å². The van der Waals surface area contributed by atoms with E-state index in [9.17, 15) is 9.90 Å². The first-order valence-corrected chi connectivity index (χ1v) is 10.7. The molecule has 0 bridgehead atoms. The van der Waals surface area contributed by atoms with E-state index in [-0.39, 0.29) is 30.5 Å². The molecule has 3 rings (SSSR count). The number of anilines is 1. The van der Waals surface area contributed by atoms with Crippen LogP contribution in [0.5, 0.6) is 0 Å². The minimum absolute atomic E-state index is 0.00724. The van der Waals surface area contributed by atoms with Crippen molar-refractivity contribution in [3.63, 3.8) is 0 Å². The van der Waals surface area contributed by atoms with Crippen LogP contribution >= 0.6 is 0 Å². The van der Waals surface area contributed by atoms with Crippen molar-refractivity contribution in [3.8, 4) is 0 Å². The summed E-state index contributed by atoms with van der Waals surface area (Å²) in [5.74, 6) is 0.154. The third kappa shape index (κ3) is 4.04. The summed E-state index contributed by atoms with van der Waals surface area (Å²) in [7, 11) is 2.01. The SMILES string of the molecule is CCCCCCc1[nH]c2cccc3c2c1C[C@@H](CO)NC(=O)[C@H](C(C)C)N3C. The van der Waals surface area contributed by atoms with Gasteiger partial charge in [-0.2, -0.15) is 0 Å². The minimum Gasteiger partial charge on any atom is -0.394 e. The number of carbonyl (C=O) groups is 1. The number of hydrogen-bond acceptors (Lipinski definition) is 3. The number of unbranched alkanes of at least 4 members (excludes halogenated alkanes) is 3. The number of benzene rings is 1. The maximum absolute atomic E-state index is 13.0. The number of aromatic amines is 1. The third-order valence-corrected chi connectivity index (χ3v) is 5.99. The molecule has 5 nitrogen and oxygen atoms in total. The normalized spacial score (nSPS) is 20.2. The van der Waals surface area contributed by atoms with Crippen molar-refractivity contribution in [1.29, 1.82) is 0 Å². The summed E-state index contributed by atoms with van der Waals surface area (Å²) < 4.78 is 0. The topological polar surface area (TPSA) is 68.4 Å². The molecule has 1 amide bonds. The van der Waals surface area contributed by atoms with Crippen LogP contribution in [-0.4, -0.2) is 41.7 Å². The number of H-pyrrole nitrogens is 1. The lowest BCUT2D eigenvalue weighted by Crippen LogP contribution is -2.52. The fourth-order valence-electron chi connectivity index (χ4n) is 4.58. The number of amides is 1. The Bertz CT molecular complexity index is 812. The Hall–Kier alpha value is -2.01. The highest BCUT2D eigenvalue weighted by Gasteiger charge is 2.32. The fourth-order valence-corrected chi connectivity index (χ4v) is 4.58. The predicted molar refractivity (Wildman–Crippen MR) is 116 cm³/mol. The molecule has 0 spiro atoms. The van der Waals surface area contributed by atoms with Crippen molar-refractivity contribution in [1.82, 2.24) is 10.3 Å². The molecular formula is C23H35N3O2. The lowest BCUT2D eigenvalue weighted by Gasteiger charge is -2.32. The van der Waals surface area contributed by atoms with Gasteiger partial charge in [0.25, 0.3) is 0 Å². The fraction of sp³-hybridized carbons (Fsp3) is 0.609. The number of nitrogens with zero attached hydrogens (tertiary/aromatic N) is 1. The van der Waals surface area contributed by atoms with E-state index in [0.717, 1.165) is 24.0 Å². The number of aryl methyl sites for hydroxylation is 1. The zero-order valence-corrected chi connectivity index (χ0v) is 17.7. The molecule has 2 aromatic rings. The Kier molecular flexibility index (Phi) is 6.65. The first-order chi connectivity index (χ1) is 13.5. The highest BCUT2D eigenvalue weighted by molar-refractivity contribution is 5.99. The van der Waals surface area contributed by atoms with Crippen molar-refractivity contribution >= 4 is 22.5 Å². The van der Waals surface area contributed by atoms with E-state index >= 15 is 0 Å². The van der Waals surface area contributed by atoms with Gasteiger partial charge in [-0.3, -0.25) is 4.79 Å². The van der Waals surface area contributed by atoms with Gasteiger partial charge in [-0.05, 0) is 42.9 Å². The molecule has 2 atom stereocenters. The smallest absolute Gasteiger partial charge is 0.243 e. The molecule has 0 fully saturated rings. The molecule has 2 heterocycles. The van der Waals surface area contributed by atoms with Crippen LogP contribution in [0.3, 0.4) is 0 Å². The molecule has 0 aliphatic carbocycles. The average molecular weight is 386 g/mol. The highest BCUT2D eigenvalue weighted by atomic mass is 16.3. The summed E-state index contributed by atoms with van der Waals surface area (Å²) in [5.41, 5.74) is 4.72. The molecule has 5 heteroatoms. The number of aromatic nitrogens is 1. The van der Waals surface area contributed by atoms with Crippen molar-refractivity contribution in [2.75, 3.05) is 18.6 Å². The predicted octanol–water partition coefficient (Wildman–Crippen LogP) is 3.78. The Labute approximate surface area is 168 Å². The number of hydrogen-bond donors (Lipinski definition) is 3. The zero-order valence-electron chi connectivity index (χ0n) is 17.7. The lowest BCUT2D eigenvalue weighted by atomic mass is 9.98. The number of carbonyl (C=O) groups excluding carboxylic acids is 1. The van der Waals surface area contributed by atoms with Crippen LogP contribution in [0.1, 0.15) is 57.7 Å². The van der Waals surface area contributed by atoms with Gasteiger partial charge in [-0.25, -0.2) is 0 Å². The van der Waals surface area contributed by atoms with Gasteiger partial charge in [-0.15, -0.1) is 0 Å². The molecule has 0 unspecified atom stereocenters. The first kappa shape index (κ1) is 20.7. The number of nitrogens with one attached hydrogen (secondary N) is 2. The molecule has 1 aromatic heterocycles. The first-order valence-electron chi connectivity index (χ1n) is 10.7. The molecule has 0 radical (unpaired) electrons. The van der Waals surface area contributed by atoms with Crippen LogP contribution in [0.25, 0.3) is 10.9 Å². The minimum atomic E-state index is -0.270. The lowest BCUT2D eigenvalue weighted by molar-refractivity contribution is -0.124. The third-order valence-electron chi connectivity index (χ3n) is 5.99. The van der Waals surface area contributed by atoms with Gasteiger partial charge in [0.1, 0.15) is 6.04 Å². The Morgan fingerprint density at radius 1 is 1.25 bits per heavy atom. The van der Waals surface area contributed by atoms with Gasteiger partial charge in [0.2, 0.25) is 5.91 Å². The second-order valence-corrected chi connectivity index (χ2v) is 8.48. The highest BCUT2D eigenvalue weighted by Crippen LogP contribution is 2.35. The van der Waals surface area contributed by atoms with Crippen LogP contribution in [0.4, 0.5) is 5.69 Å². The van der Waals surface area contributed by atoms with E-state index in [2.05, 4.69) is 54.2 Å². The van der Waals surface area contributed by atoms with Crippen molar-refractivity contribution in [2.45, 2.75) is 71.4 Å². The monoisotopic (exact) mass is 385 g/mol. The summed E-state index contributed by atoms with van der Waals surface area (Å²) >= 11 is 0. The molecule has 1 aliphatic rings. The largest absolute Gasteiger partial charge is 0.394 e. The van der Waals surface area contributed by atoms with E-state index in [4.69, 9.17) is 0 Å². The quantitative estimate of drug-likeness (QED) is 0.635. The van der Waals surface area contributed by atoms with Gasteiger partial charge in [0, 0.05) is 29.3 Å². The summed E-state index contributed by atoms with van der Waals surface area (Å²) in [5, 5.41) is 14.2. The number of likely N-dealkylation sites (N-methyl/N-ethyl adjacent to an activating group) is 1. The molecule has 1 aromatic carbocycles. The molecular weight excluding hydrogens is 350 g/mol. The standard InChI is InChI=1S/C23H35N3O2/c1-5-6-7-8-10-18-17-13-16(14-27)24-23(28)22(15(2)3)26(4)20-12-9-11-19(25-18)21(17)20/h9,11-12,15-16,22,25,27H,5-8,10,13-14H2,1-4H3,(H,24,28)/t16-,22-/m0/s1. The molecule has 28 heavy (non-hydrogen) atoms. The molecule has 154 valence electrons. The second kappa shape index (κ2) is 8.99. The van der Waals surface area contributed by atoms with Crippen molar-refractivity contribution in [2.24, 2.45) is 5.92 Å². The number of aliphatic hydroxyl groups is 1. The van der Waals surface area contributed by atoms with E-state index in [1.165, 1.54) is 35.9 Å². The summed E-state index contributed by atoms with van der Waals surface area (Å²) in [6, 6.07) is 5.77. The zero-order chi connectivity index (χ0) is 20.3. The van der Waals surface area contributed by atoms with E-state index < -0.39 is 0 Å². The van der Waals surface area contributed by atoms with Gasteiger partial charge in [-0.1, -0.05) is 46.1 Å². The van der Waals surface area contributed by atoms with Crippen LogP contribution in [0.15, 0.2) is 18.2 Å². The van der Waals surface area contributed by atoms with Crippen LogP contribution in [-0.2, 0) is 17.6 Å². The Morgan fingerprint density at radius 2 is 2.04 bits per heavy atom. The molecule has 0 saturated carbocycles. The maximum atomic E-state index is 13.0. The van der Waals surface area contributed by atoms with E-state index in [1.54, 1.807) is 0 Å². The van der Waals surface area contributed by atoms with Crippen molar-refractivity contribution < 1.29 is 9.90 Å². The Morgan fingerprint density at radius 3 is 2.71 bits per heavy atom. The second-order valence-electron chi connectivity index (χ2n) is 8.48. The van der Waals surface area contributed by atoms with E-state index in [0.29, 0.717) is 6.42 Å². The van der Waals surface area contributed by atoms with Crippen LogP contribution < -0.4 is 10.2 Å². The summed E-state index contributed by atoms with van der Waals surface area (Å²) in [6.07, 6.45) is 6.53. The van der Waals surface area contributed by atoms with Crippen molar-refractivity contribution in [3.05, 3.63) is 29.5 Å². The molecule has 0 saturated heterocycles. The van der Waals surface area contributed by atoms with Crippen LogP contribution in [0.2, 0.25) is 0 Å². The van der Waals surface area contributed by atoms with Gasteiger partial charge < -0.3 is 20.3 Å². The van der Waals surface area contributed by atoms with Gasteiger partial charge in [0.15, 0.2) is 0 Å². The number of rotatable bonds is 7. The average Bonchev–Trinajstić information content (AvgIpc) is 3.02. The van der Waals surface area contributed by atoms with Crippen LogP contribution in [0, 0.1) is 5.92 Å². The summed E-state index contributed by atoms with van der Waals surface area (Å²) in [4.78, 5) is 18.8. The Balaban J connectivity index is 2.10. The van der Waals surface area contributed by atoms with E-state index in [1.807, 2.05) is 7.05 Å².